The zero-order chi connectivity index (χ0) is 11.6. The van der Waals surface area contributed by atoms with Crippen molar-refractivity contribution in [1.82, 2.24) is 9.78 Å². The molecule has 1 unspecified atom stereocenters. The monoisotopic (exact) mass is 209 g/mol. The van der Waals surface area contributed by atoms with Crippen molar-refractivity contribution >= 4 is 5.69 Å². The number of hydrogen-bond donors (Lipinski definition) is 1. The average Bonchev–Trinajstić information content (AvgIpc) is 2.26. The summed E-state index contributed by atoms with van der Waals surface area (Å²) in [5, 5.41) is 4.37. The summed E-state index contributed by atoms with van der Waals surface area (Å²) in [4.78, 5) is 0. The van der Waals surface area contributed by atoms with Gasteiger partial charge in [-0.25, -0.2) is 0 Å². The smallest absolute Gasteiger partial charge is 0.0822 e. The molecule has 0 saturated carbocycles. The Balaban J connectivity index is 2.55. The van der Waals surface area contributed by atoms with E-state index in [-0.39, 0.29) is 0 Å². The fourth-order valence-corrected chi connectivity index (χ4v) is 2.06. The first-order valence-electron chi connectivity index (χ1n) is 5.57. The lowest BCUT2D eigenvalue weighted by molar-refractivity contribution is 0.279. The van der Waals surface area contributed by atoms with Gasteiger partial charge in [0.15, 0.2) is 0 Å². The van der Waals surface area contributed by atoms with Crippen LogP contribution in [0, 0.1) is 18.3 Å². The van der Waals surface area contributed by atoms with Crippen molar-refractivity contribution < 1.29 is 0 Å². The van der Waals surface area contributed by atoms with Crippen LogP contribution in [0.25, 0.3) is 0 Å². The van der Waals surface area contributed by atoms with Crippen LogP contribution >= 0.6 is 0 Å². The topological polar surface area (TPSA) is 43.8 Å². The molecule has 1 rings (SSSR count). The summed E-state index contributed by atoms with van der Waals surface area (Å²) >= 11 is 0. The highest BCUT2D eigenvalue weighted by Gasteiger charge is 2.16. The van der Waals surface area contributed by atoms with Crippen LogP contribution in [0.5, 0.6) is 0 Å². The van der Waals surface area contributed by atoms with Crippen LogP contribution in [-0.2, 0) is 6.54 Å². The molecule has 0 aliphatic carbocycles. The van der Waals surface area contributed by atoms with E-state index in [1.807, 2.05) is 17.8 Å². The van der Waals surface area contributed by atoms with E-state index in [1.54, 1.807) is 0 Å². The Hall–Kier alpha value is -0.990. The van der Waals surface area contributed by atoms with Gasteiger partial charge in [-0.3, -0.25) is 4.68 Å². The van der Waals surface area contributed by atoms with Crippen LogP contribution in [0.1, 0.15) is 39.8 Å². The second kappa shape index (κ2) is 4.25. The van der Waals surface area contributed by atoms with Crippen LogP contribution in [0.4, 0.5) is 5.69 Å². The van der Waals surface area contributed by atoms with Gasteiger partial charge in [0, 0.05) is 12.7 Å². The molecule has 1 aromatic heterocycles. The standard InChI is InChI=1S/C12H23N3/c1-9(6-12(3,4)5)7-15-8-11(13)10(2)14-15/h8-9H,6-7,13H2,1-5H3. The van der Waals surface area contributed by atoms with Gasteiger partial charge in [0.25, 0.3) is 0 Å². The number of hydrogen-bond acceptors (Lipinski definition) is 2. The van der Waals surface area contributed by atoms with Crippen molar-refractivity contribution in [1.29, 1.82) is 0 Å². The van der Waals surface area contributed by atoms with E-state index in [1.165, 1.54) is 6.42 Å². The quantitative estimate of drug-likeness (QED) is 0.832. The third-order valence-corrected chi connectivity index (χ3v) is 2.44. The molecule has 0 amide bonds. The number of aryl methyl sites for hydroxylation is 1. The maximum atomic E-state index is 5.76. The minimum absolute atomic E-state index is 0.382. The van der Waals surface area contributed by atoms with Crippen molar-refractivity contribution in [2.75, 3.05) is 5.73 Å². The SMILES string of the molecule is Cc1nn(CC(C)CC(C)(C)C)cc1N. The highest BCUT2D eigenvalue weighted by atomic mass is 15.3. The second-order valence-corrected chi connectivity index (χ2v) is 5.76. The molecule has 3 nitrogen and oxygen atoms in total. The Morgan fingerprint density at radius 2 is 2.07 bits per heavy atom. The van der Waals surface area contributed by atoms with Gasteiger partial charge in [0.1, 0.15) is 0 Å². The molecule has 0 aliphatic rings. The maximum absolute atomic E-state index is 5.76. The zero-order valence-corrected chi connectivity index (χ0v) is 10.5. The number of nitrogens with two attached hydrogens (primary N) is 1. The normalized spacial score (nSPS) is 14.2. The Labute approximate surface area is 92.7 Å². The minimum Gasteiger partial charge on any atom is -0.396 e. The predicted octanol–water partition coefficient (Wildman–Crippen LogP) is 2.85. The van der Waals surface area contributed by atoms with Crippen molar-refractivity contribution in [3.8, 4) is 0 Å². The van der Waals surface area contributed by atoms with E-state index in [0.717, 1.165) is 17.9 Å². The molecule has 1 heterocycles. The molecule has 1 atom stereocenters. The van der Waals surface area contributed by atoms with Crippen LogP contribution in [0.3, 0.4) is 0 Å². The van der Waals surface area contributed by atoms with Crippen LogP contribution in [0.15, 0.2) is 6.20 Å². The van der Waals surface area contributed by atoms with Gasteiger partial charge >= 0.3 is 0 Å². The van der Waals surface area contributed by atoms with Crippen molar-refractivity contribution in [3.05, 3.63) is 11.9 Å². The fraction of sp³-hybridized carbons (Fsp3) is 0.750. The highest BCUT2D eigenvalue weighted by molar-refractivity contribution is 5.39. The third-order valence-electron chi connectivity index (χ3n) is 2.44. The summed E-state index contributed by atoms with van der Waals surface area (Å²) in [6, 6.07) is 0. The summed E-state index contributed by atoms with van der Waals surface area (Å²) in [6.07, 6.45) is 3.13. The lowest BCUT2D eigenvalue weighted by Crippen LogP contribution is -2.16. The molecule has 15 heavy (non-hydrogen) atoms. The Morgan fingerprint density at radius 3 is 2.47 bits per heavy atom. The lowest BCUT2D eigenvalue weighted by atomic mass is 9.85. The van der Waals surface area contributed by atoms with Crippen molar-refractivity contribution in [3.63, 3.8) is 0 Å². The number of rotatable bonds is 3. The predicted molar refractivity (Wildman–Crippen MR) is 64.6 cm³/mol. The summed E-state index contributed by atoms with van der Waals surface area (Å²) < 4.78 is 1.96. The lowest BCUT2D eigenvalue weighted by Gasteiger charge is -2.23. The molecule has 2 N–H and O–H groups in total. The molecule has 0 fully saturated rings. The van der Waals surface area contributed by atoms with E-state index in [0.29, 0.717) is 11.3 Å². The van der Waals surface area contributed by atoms with E-state index < -0.39 is 0 Å². The summed E-state index contributed by atoms with van der Waals surface area (Å²) in [5.74, 6) is 0.628. The molecule has 0 aromatic carbocycles. The summed E-state index contributed by atoms with van der Waals surface area (Å²) in [6.45, 7) is 12.0. The van der Waals surface area contributed by atoms with E-state index in [9.17, 15) is 0 Å². The number of nitrogen functional groups attached to an aromatic ring is 1. The molecule has 0 radical (unpaired) electrons. The van der Waals surface area contributed by atoms with Gasteiger partial charge in [-0.15, -0.1) is 0 Å². The third kappa shape index (κ3) is 3.94. The first-order valence-corrected chi connectivity index (χ1v) is 5.57. The van der Waals surface area contributed by atoms with Gasteiger partial charge in [-0.1, -0.05) is 27.7 Å². The van der Waals surface area contributed by atoms with Gasteiger partial charge in [0.2, 0.25) is 0 Å². The molecule has 0 aliphatic heterocycles. The van der Waals surface area contributed by atoms with Gasteiger partial charge in [-0.2, -0.15) is 5.10 Å². The Morgan fingerprint density at radius 1 is 1.47 bits per heavy atom. The molecule has 0 saturated heterocycles. The average molecular weight is 209 g/mol. The molecular weight excluding hydrogens is 186 g/mol. The van der Waals surface area contributed by atoms with Crippen molar-refractivity contribution in [2.24, 2.45) is 11.3 Å². The van der Waals surface area contributed by atoms with Gasteiger partial charge < -0.3 is 5.73 Å². The maximum Gasteiger partial charge on any atom is 0.0822 e. The van der Waals surface area contributed by atoms with E-state index in [4.69, 9.17) is 5.73 Å². The number of aromatic nitrogens is 2. The number of nitrogens with zero attached hydrogens (tertiary/aromatic N) is 2. The minimum atomic E-state index is 0.382. The van der Waals surface area contributed by atoms with Gasteiger partial charge in [0.05, 0.1) is 11.4 Å². The molecule has 3 heteroatoms. The largest absolute Gasteiger partial charge is 0.396 e. The van der Waals surface area contributed by atoms with Gasteiger partial charge in [-0.05, 0) is 24.7 Å². The molecule has 1 aromatic rings. The van der Waals surface area contributed by atoms with Crippen LogP contribution in [0.2, 0.25) is 0 Å². The van der Waals surface area contributed by atoms with Crippen molar-refractivity contribution in [2.45, 2.75) is 47.6 Å². The van der Waals surface area contributed by atoms with E-state index >= 15 is 0 Å². The summed E-state index contributed by atoms with van der Waals surface area (Å²) in [5.41, 5.74) is 7.86. The highest BCUT2D eigenvalue weighted by Crippen LogP contribution is 2.25. The Kier molecular flexibility index (Phi) is 3.42. The summed E-state index contributed by atoms with van der Waals surface area (Å²) in [7, 11) is 0. The zero-order valence-electron chi connectivity index (χ0n) is 10.5. The van der Waals surface area contributed by atoms with E-state index in [2.05, 4.69) is 32.8 Å². The van der Waals surface area contributed by atoms with Crippen LogP contribution < -0.4 is 5.73 Å². The first kappa shape index (κ1) is 12.1. The molecule has 0 spiro atoms. The first-order chi connectivity index (χ1) is 6.78. The fourth-order valence-electron chi connectivity index (χ4n) is 2.06. The Bertz CT molecular complexity index is 301. The molecule has 0 bridgehead atoms. The molecule has 86 valence electrons. The second-order valence-electron chi connectivity index (χ2n) is 5.76. The number of anilines is 1. The molecular formula is C12H23N3. The van der Waals surface area contributed by atoms with Crippen LogP contribution in [-0.4, -0.2) is 9.78 Å².